The van der Waals surface area contributed by atoms with Crippen molar-refractivity contribution in [2.75, 3.05) is 19.0 Å². The molecule has 0 radical (unpaired) electrons. The minimum absolute atomic E-state index is 0.0860. The van der Waals surface area contributed by atoms with Crippen molar-refractivity contribution in [3.05, 3.63) is 82.9 Å². The molecule has 0 bridgehead atoms. The lowest BCUT2D eigenvalue weighted by atomic mass is 9.80. The number of phenols is 1. The molecule has 4 nitrogen and oxygen atoms in total. The van der Waals surface area contributed by atoms with Crippen molar-refractivity contribution in [3.8, 4) is 16.9 Å². The third-order valence-corrected chi connectivity index (χ3v) is 4.75. The molecule has 0 aliphatic heterocycles. The molecule has 3 aromatic carbocycles. The van der Waals surface area contributed by atoms with Gasteiger partial charge in [-0.3, -0.25) is 9.59 Å². The molecule has 0 saturated heterocycles. The Balaban J connectivity index is 1.95. The van der Waals surface area contributed by atoms with Crippen LogP contribution in [0.1, 0.15) is 31.8 Å². The van der Waals surface area contributed by atoms with Crippen LogP contribution >= 0.6 is 0 Å². The van der Waals surface area contributed by atoms with E-state index in [1.165, 1.54) is 6.07 Å². The molecule has 0 atom stereocenters. The van der Waals surface area contributed by atoms with Gasteiger partial charge in [-0.05, 0) is 35.4 Å². The number of phenolic OH excluding ortho intramolecular Hbond substituents is 1. The van der Waals surface area contributed by atoms with Crippen molar-refractivity contribution in [3.63, 3.8) is 0 Å². The van der Waals surface area contributed by atoms with Gasteiger partial charge in [0.2, 0.25) is 0 Å². The van der Waals surface area contributed by atoms with Gasteiger partial charge in [-0.15, -0.1) is 0 Å². The summed E-state index contributed by atoms with van der Waals surface area (Å²) in [4.78, 5) is 28.0. The second-order valence-electron chi connectivity index (χ2n) is 6.53. The molecule has 0 heterocycles. The van der Waals surface area contributed by atoms with E-state index in [4.69, 9.17) is 0 Å². The summed E-state index contributed by atoms with van der Waals surface area (Å²) >= 11 is 0. The van der Waals surface area contributed by atoms with E-state index >= 15 is 0 Å². The van der Waals surface area contributed by atoms with Crippen molar-refractivity contribution in [1.29, 1.82) is 0 Å². The van der Waals surface area contributed by atoms with Crippen LogP contribution in [0.2, 0.25) is 0 Å². The molecule has 0 aromatic heterocycles. The molecule has 3 aromatic rings. The van der Waals surface area contributed by atoms with Gasteiger partial charge in [0.1, 0.15) is 5.75 Å². The molecular weight excluding hydrogens is 326 g/mol. The molecule has 1 aliphatic carbocycles. The van der Waals surface area contributed by atoms with Crippen LogP contribution in [0.15, 0.2) is 60.7 Å². The fourth-order valence-corrected chi connectivity index (χ4v) is 3.39. The zero-order valence-electron chi connectivity index (χ0n) is 14.5. The van der Waals surface area contributed by atoms with E-state index < -0.39 is 0 Å². The van der Waals surface area contributed by atoms with E-state index in [0.717, 1.165) is 11.3 Å². The Hall–Kier alpha value is -3.40. The van der Waals surface area contributed by atoms with Crippen molar-refractivity contribution < 1.29 is 14.7 Å². The standard InChI is InChI=1S/C22H17NO3/c1-23(2)14-9-7-13(8-10-14)15-11-12-18(24)20-19(15)21(25)16-5-3-4-6-17(16)22(20)26/h3-12,24H,1-2H3. The van der Waals surface area contributed by atoms with Crippen LogP contribution in [0.3, 0.4) is 0 Å². The van der Waals surface area contributed by atoms with Crippen LogP contribution < -0.4 is 4.90 Å². The number of carbonyl (C=O) groups is 2. The molecule has 4 rings (SSSR count). The first kappa shape index (κ1) is 16.1. The highest BCUT2D eigenvalue weighted by Gasteiger charge is 2.33. The van der Waals surface area contributed by atoms with Crippen LogP contribution in [0.25, 0.3) is 11.1 Å². The van der Waals surface area contributed by atoms with Gasteiger partial charge in [0.05, 0.1) is 5.56 Å². The van der Waals surface area contributed by atoms with Crippen molar-refractivity contribution in [2.45, 2.75) is 0 Å². The number of nitrogens with zero attached hydrogens (tertiary/aromatic N) is 1. The lowest BCUT2D eigenvalue weighted by molar-refractivity contribution is 0.0977. The monoisotopic (exact) mass is 343 g/mol. The number of anilines is 1. The van der Waals surface area contributed by atoms with E-state index in [0.29, 0.717) is 16.7 Å². The summed E-state index contributed by atoms with van der Waals surface area (Å²) in [5.41, 5.74) is 3.58. The Morgan fingerprint density at radius 3 is 1.85 bits per heavy atom. The second-order valence-corrected chi connectivity index (χ2v) is 6.53. The van der Waals surface area contributed by atoms with Gasteiger partial charge in [-0.2, -0.15) is 0 Å². The van der Waals surface area contributed by atoms with E-state index in [9.17, 15) is 14.7 Å². The molecule has 0 fully saturated rings. The number of hydrogen-bond acceptors (Lipinski definition) is 4. The first-order valence-electron chi connectivity index (χ1n) is 8.31. The third-order valence-electron chi connectivity index (χ3n) is 4.75. The predicted octanol–water partition coefficient (Wildman–Crippen LogP) is 3.90. The lowest BCUT2D eigenvalue weighted by Crippen LogP contribution is -2.21. The molecule has 0 unspecified atom stereocenters. The highest BCUT2D eigenvalue weighted by molar-refractivity contribution is 6.31. The van der Waals surface area contributed by atoms with Gasteiger partial charge in [-0.25, -0.2) is 0 Å². The SMILES string of the molecule is CN(C)c1ccc(-c2ccc(O)c3c2C(=O)c2ccccc2C3=O)cc1. The van der Waals surface area contributed by atoms with E-state index in [1.807, 2.05) is 43.3 Å². The van der Waals surface area contributed by atoms with Gasteiger partial charge in [0.25, 0.3) is 0 Å². The van der Waals surface area contributed by atoms with Gasteiger partial charge >= 0.3 is 0 Å². The molecule has 1 N–H and O–H groups in total. The van der Waals surface area contributed by atoms with Crippen LogP contribution in [-0.2, 0) is 0 Å². The topological polar surface area (TPSA) is 57.6 Å². The lowest BCUT2D eigenvalue weighted by Gasteiger charge is -2.21. The number of carbonyl (C=O) groups excluding carboxylic acids is 2. The molecular formula is C22H17NO3. The van der Waals surface area contributed by atoms with Crippen molar-refractivity contribution in [2.24, 2.45) is 0 Å². The fraction of sp³-hybridized carbons (Fsp3) is 0.0909. The Kier molecular flexibility index (Phi) is 3.62. The molecule has 4 heteroatoms. The maximum atomic E-state index is 13.1. The summed E-state index contributed by atoms with van der Waals surface area (Å²) in [6.07, 6.45) is 0. The highest BCUT2D eigenvalue weighted by atomic mass is 16.3. The predicted molar refractivity (Wildman–Crippen MR) is 101 cm³/mol. The number of ketones is 2. The molecule has 0 amide bonds. The summed E-state index contributed by atoms with van der Waals surface area (Å²) in [6, 6.07) is 17.7. The zero-order valence-corrected chi connectivity index (χ0v) is 14.5. The van der Waals surface area contributed by atoms with E-state index in [-0.39, 0.29) is 28.4 Å². The summed E-state index contributed by atoms with van der Waals surface area (Å²) in [5, 5.41) is 10.3. The maximum Gasteiger partial charge on any atom is 0.198 e. The number of benzene rings is 3. The molecule has 0 spiro atoms. The number of rotatable bonds is 2. The maximum absolute atomic E-state index is 13.1. The molecule has 1 aliphatic rings. The first-order chi connectivity index (χ1) is 12.5. The van der Waals surface area contributed by atoms with Crippen LogP contribution in [-0.4, -0.2) is 30.8 Å². The quantitative estimate of drug-likeness (QED) is 0.600. The third kappa shape index (κ3) is 2.30. The number of aromatic hydroxyl groups is 1. The largest absolute Gasteiger partial charge is 0.507 e. The summed E-state index contributed by atoms with van der Waals surface area (Å²) < 4.78 is 0. The molecule has 0 saturated carbocycles. The highest BCUT2D eigenvalue weighted by Crippen LogP contribution is 2.38. The Morgan fingerprint density at radius 2 is 1.27 bits per heavy atom. The second kappa shape index (κ2) is 5.85. The van der Waals surface area contributed by atoms with Gasteiger partial charge in [0, 0.05) is 36.5 Å². The number of hydrogen-bond donors (Lipinski definition) is 1. The Morgan fingerprint density at radius 1 is 0.692 bits per heavy atom. The molecule has 26 heavy (non-hydrogen) atoms. The summed E-state index contributed by atoms with van der Waals surface area (Å²) in [5.74, 6) is -0.723. The molecule has 128 valence electrons. The van der Waals surface area contributed by atoms with Crippen molar-refractivity contribution >= 4 is 17.3 Å². The Labute approximate surface area is 151 Å². The fourth-order valence-electron chi connectivity index (χ4n) is 3.39. The van der Waals surface area contributed by atoms with Gasteiger partial charge < -0.3 is 10.0 Å². The van der Waals surface area contributed by atoms with Gasteiger partial charge in [0.15, 0.2) is 11.6 Å². The smallest absolute Gasteiger partial charge is 0.198 e. The van der Waals surface area contributed by atoms with E-state index in [2.05, 4.69) is 0 Å². The van der Waals surface area contributed by atoms with Gasteiger partial charge in [-0.1, -0.05) is 36.4 Å². The van der Waals surface area contributed by atoms with Crippen LogP contribution in [0.5, 0.6) is 5.75 Å². The first-order valence-corrected chi connectivity index (χ1v) is 8.31. The minimum Gasteiger partial charge on any atom is -0.507 e. The van der Waals surface area contributed by atoms with Crippen LogP contribution in [0, 0.1) is 0 Å². The normalized spacial score (nSPS) is 12.5. The number of fused-ring (bicyclic) bond motifs is 2. The summed E-state index contributed by atoms with van der Waals surface area (Å²) in [6.45, 7) is 0. The van der Waals surface area contributed by atoms with Crippen LogP contribution in [0.4, 0.5) is 5.69 Å². The average molecular weight is 343 g/mol. The van der Waals surface area contributed by atoms with Crippen molar-refractivity contribution in [1.82, 2.24) is 0 Å². The minimum atomic E-state index is -0.320. The average Bonchev–Trinajstić information content (AvgIpc) is 2.66. The van der Waals surface area contributed by atoms with E-state index in [1.54, 1.807) is 30.3 Å². The Bertz CT molecular complexity index is 1050. The zero-order chi connectivity index (χ0) is 18.4. The summed E-state index contributed by atoms with van der Waals surface area (Å²) in [7, 11) is 3.91.